The molecule has 62 valence electrons. The number of nitrogens with zero attached hydrogens (tertiary/aromatic N) is 1. The van der Waals surface area contributed by atoms with Crippen LogP contribution in [0.15, 0.2) is 0 Å². The Morgan fingerprint density at radius 3 is 2.50 bits per heavy atom. The average molecular weight is 226 g/mol. The van der Waals surface area contributed by atoms with Crippen molar-refractivity contribution in [2.45, 2.75) is 6.92 Å². The van der Waals surface area contributed by atoms with Crippen LogP contribution in [0.3, 0.4) is 0 Å². The summed E-state index contributed by atoms with van der Waals surface area (Å²) in [6.45, 7) is 5.79. The molecule has 0 amide bonds. The van der Waals surface area contributed by atoms with E-state index in [9.17, 15) is 0 Å². The van der Waals surface area contributed by atoms with E-state index in [-0.39, 0.29) is 0 Å². The van der Waals surface area contributed by atoms with Crippen LogP contribution in [0.25, 0.3) is 0 Å². The van der Waals surface area contributed by atoms with Crippen LogP contribution in [0.5, 0.6) is 0 Å². The highest BCUT2D eigenvalue weighted by molar-refractivity contribution is 9.09. The van der Waals surface area contributed by atoms with Crippen LogP contribution in [-0.2, 0) is 0 Å². The summed E-state index contributed by atoms with van der Waals surface area (Å²) < 4.78 is 0. The smallest absolute Gasteiger partial charge is 0.0159 e. The third-order valence-corrected chi connectivity index (χ3v) is 2.41. The molecule has 10 heavy (non-hydrogen) atoms. The number of alkyl halides is 1. The van der Waals surface area contributed by atoms with Gasteiger partial charge in [-0.1, -0.05) is 22.9 Å². The normalized spacial score (nSPS) is 10.8. The number of thioether (sulfide) groups is 1. The summed E-state index contributed by atoms with van der Waals surface area (Å²) in [5.74, 6) is 1.25. The largest absolute Gasteiger partial charge is 0.302 e. The Morgan fingerprint density at radius 1 is 1.40 bits per heavy atom. The monoisotopic (exact) mass is 225 g/mol. The first-order chi connectivity index (χ1) is 4.85. The molecule has 0 aromatic carbocycles. The summed E-state index contributed by atoms with van der Waals surface area (Å²) >= 11 is 5.35. The molecule has 0 aliphatic heterocycles. The minimum absolute atomic E-state index is 1.09. The molecule has 0 aliphatic carbocycles. The molecule has 0 rings (SSSR count). The van der Waals surface area contributed by atoms with Gasteiger partial charge < -0.3 is 4.90 Å². The first-order valence-corrected chi connectivity index (χ1v) is 6.14. The summed E-state index contributed by atoms with van der Waals surface area (Å²) in [7, 11) is 0. The van der Waals surface area contributed by atoms with Crippen LogP contribution in [0.4, 0.5) is 0 Å². The highest BCUT2D eigenvalue weighted by Gasteiger charge is 1.98. The summed E-state index contributed by atoms with van der Waals surface area (Å²) in [6, 6.07) is 0. The van der Waals surface area contributed by atoms with Crippen molar-refractivity contribution in [3.63, 3.8) is 0 Å². The lowest BCUT2D eigenvalue weighted by molar-refractivity contribution is 0.327. The first kappa shape index (κ1) is 10.8. The fourth-order valence-corrected chi connectivity index (χ4v) is 1.71. The molecule has 0 saturated heterocycles. The molecule has 0 heterocycles. The lowest BCUT2D eigenvalue weighted by Crippen LogP contribution is -2.27. The van der Waals surface area contributed by atoms with Crippen molar-refractivity contribution >= 4 is 27.7 Å². The molecular formula is C7H16BrNS. The van der Waals surface area contributed by atoms with Crippen molar-refractivity contribution in [3.05, 3.63) is 0 Å². The van der Waals surface area contributed by atoms with Gasteiger partial charge in [-0.15, -0.1) is 0 Å². The highest BCUT2D eigenvalue weighted by atomic mass is 79.9. The zero-order valence-corrected chi connectivity index (χ0v) is 9.17. The summed E-state index contributed by atoms with van der Waals surface area (Å²) in [5.41, 5.74) is 0. The van der Waals surface area contributed by atoms with Gasteiger partial charge in [-0.3, -0.25) is 0 Å². The van der Waals surface area contributed by atoms with Crippen molar-refractivity contribution < 1.29 is 0 Å². The average Bonchev–Trinajstić information content (AvgIpc) is 1.98. The molecule has 0 spiro atoms. The molecule has 0 bridgehead atoms. The first-order valence-electron chi connectivity index (χ1n) is 3.62. The highest BCUT2D eigenvalue weighted by Crippen LogP contribution is 1.96. The Morgan fingerprint density at radius 2 is 2.10 bits per heavy atom. The second-order valence-electron chi connectivity index (χ2n) is 2.12. The second-order valence-corrected chi connectivity index (χ2v) is 3.89. The zero-order chi connectivity index (χ0) is 7.82. The van der Waals surface area contributed by atoms with E-state index in [1.165, 1.54) is 25.4 Å². The van der Waals surface area contributed by atoms with E-state index in [1.54, 1.807) is 0 Å². The van der Waals surface area contributed by atoms with Gasteiger partial charge in [0.05, 0.1) is 0 Å². The van der Waals surface area contributed by atoms with Crippen molar-refractivity contribution in [2.24, 2.45) is 0 Å². The minimum atomic E-state index is 1.09. The molecule has 0 N–H and O–H groups in total. The Kier molecular flexibility index (Phi) is 8.52. The molecule has 0 unspecified atom stereocenters. The molecule has 0 aromatic heterocycles. The Hall–Kier alpha value is 0.790. The van der Waals surface area contributed by atoms with E-state index >= 15 is 0 Å². The van der Waals surface area contributed by atoms with Gasteiger partial charge in [0, 0.05) is 24.2 Å². The van der Waals surface area contributed by atoms with Crippen LogP contribution in [0, 0.1) is 0 Å². The maximum atomic E-state index is 3.43. The van der Waals surface area contributed by atoms with Gasteiger partial charge in [-0.25, -0.2) is 0 Å². The molecule has 0 fully saturated rings. The van der Waals surface area contributed by atoms with E-state index in [4.69, 9.17) is 0 Å². The minimum Gasteiger partial charge on any atom is -0.302 e. The third-order valence-electron chi connectivity index (χ3n) is 1.46. The fourth-order valence-electron chi connectivity index (χ4n) is 0.768. The number of hydrogen-bond donors (Lipinski definition) is 0. The van der Waals surface area contributed by atoms with E-state index in [0.29, 0.717) is 0 Å². The summed E-state index contributed by atoms with van der Waals surface area (Å²) in [4.78, 5) is 2.45. The Balaban J connectivity index is 3.21. The lowest BCUT2D eigenvalue weighted by atomic mass is 10.5. The maximum Gasteiger partial charge on any atom is 0.0159 e. The molecule has 3 heteroatoms. The van der Waals surface area contributed by atoms with Gasteiger partial charge >= 0.3 is 0 Å². The van der Waals surface area contributed by atoms with E-state index in [2.05, 4.69) is 34.0 Å². The Bertz CT molecular complexity index is 70.6. The molecule has 0 atom stereocenters. The van der Waals surface area contributed by atoms with Gasteiger partial charge in [0.15, 0.2) is 0 Å². The molecule has 1 nitrogen and oxygen atoms in total. The number of halogens is 1. The van der Waals surface area contributed by atoms with E-state index < -0.39 is 0 Å². The number of hydrogen-bond acceptors (Lipinski definition) is 2. The van der Waals surface area contributed by atoms with Gasteiger partial charge in [0.1, 0.15) is 0 Å². The van der Waals surface area contributed by atoms with Crippen LogP contribution in [0.1, 0.15) is 6.92 Å². The van der Waals surface area contributed by atoms with Gasteiger partial charge in [-0.05, 0) is 12.8 Å². The topological polar surface area (TPSA) is 3.24 Å². The molecular weight excluding hydrogens is 210 g/mol. The third kappa shape index (κ3) is 5.57. The van der Waals surface area contributed by atoms with Crippen molar-refractivity contribution in [1.29, 1.82) is 0 Å². The predicted octanol–water partition coefficient (Wildman–Crippen LogP) is 2.07. The maximum absolute atomic E-state index is 3.43. The molecule has 0 aromatic rings. The Labute approximate surface area is 76.7 Å². The van der Waals surface area contributed by atoms with E-state index in [1.807, 2.05) is 11.8 Å². The SMILES string of the molecule is CCN(CCBr)CCSC. The van der Waals surface area contributed by atoms with E-state index in [0.717, 1.165) is 5.33 Å². The van der Waals surface area contributed by atoms with Crippen molar-refractivity contribution in [2.75, 3.05) is 37.0 Å². The van der Waals surface area contributed by atoms with Crippen LogP contribution < -0.4 is 0 Å². The molecule has 0 saturated carbocycles. The quantitative estimate of drug-likeness (QED) is 0.638. The molecule has 0 radical (unpaired) electrons. The lowest BCUT2D eigenvalue weighted by Gasteiger charge is -2.17. The predicted molar refractivity (Wildman–Crippen MR) is 54.3 cm³/mol. The fraction of sp³-hybridized carbons (Fsp3) is 1.00. The standard InChI is InChI=1S/C7H16BrNS/c1-3-9(5-4-8)6-7-10-2/h3-7H2,1-2H3. The van der Waals surface area contributed by atoms with Gasteiger partial charge in [0.2, 0.25) is 0 Å². The number of rotatable bonds is 6. The van der Waals surface area contributed by atoms with Crippen LogP contribution in [-0.4, -0.2) is 41.9 Å². The molecule has 0 aliphatic rings. The second kappa shape index (κ2) is 7.89. The summed E-state index contributed by atoms with van der Waals surface area (Å²) in [5, 5.41) is 1.09. The van der Waals surface area contributed by atoms with Crippen molar-refractivity contribution in [1.82, 2.24) is 4.90 Å². The van der Waals surface area contributed by atoms with Gasteiger partial charge in [-0.2, -0.15) is 11.8 Å². The van der Waals surface area contributed by atoms with Crippen molar-refractivity contribution in [3.8, 4) is 0 Å². The summed E-state index contributed by atoms with van der Waals surface area (Å²) in [6.07, 6.45) is 2.15. The van der Waals surface area contributed by atoms with Crippen LogP contribution in [0.2, 0.25) is 0 Å². The van der Waals surface area contributed by atoms with Gasteiger partial charge in [0.25, 0.3) is 0 Å². The zero-order valence-electron chi connectivity index (χ0n) is 6.77. The van der Waals surface area contributed by atoms with Crippen LogP contribution >= 0.6 is 27.7 Å².